The topological polar surface area (TPSA) is 59.8 Å². The van der Waals surface area contributed by atoms with Crippen molar-refractivity contribution < 1.29 is 4.79 Å². The Morgan fingerprint density at radius 3 is 2.76 bits per heavy atom. The fourth-order valence-corrected chi connectivity index (χ4v) is 4.22. The number of rotatable bonds is 12. The van der Waals surface area contributed by atoms with Crippen LogP contribution in [0.25, 0.3) is 0 Å². The predicted octanol–water partition coefficient (Wildman–Crippen LogP) is 5.98. The Balaban J connectivity index is 0.000000310. The van der Waals surface area contributed by atoms with Crippen LogP contribution in [0.1, 0.15) is 70.2 Å². The van der Waals surface area contributed by atoms with Gasteiger partial charge in [-0.3, -0.25) is 4.79 Å². The molecule has 5 nitrogen and oxygen atoms in total. The van der Waals surface area contributed by atoms with Gasteiger partial charge in [-0.2, -0.15) is 12.6 Å². The molecule has 3 rings (SSSR count). The van der Waals surface area contributed by atoms with E-state index in [0.717, 1.165) is 75.5 Å². The molecule has 1 aliphatic carbocycles. The summed E-state index contributed by atoms with van der Waals surface area (Å²) in [5, 5.41) is 11.1. The van der Waals surface area contributed by atoms with E-state index in [0.29, 0.717) is 6.42 Å². The van der Waals surface area contributed by atoms with Gasteiger partial charge in [-0.15, -0.1) is 10.2 Å². The summed E-state index contributed by atoms with van der Waals surface area (Å²) in [7, 11) is 0. The third-order valence-electron chi connectivity index (χ3n) is 5.83. The first-order chi connectivity index (χ1) is 16.6. The molecule has 1 atom stereocenters. The number of aromatic nitrogens is 3. The lowest BCUT2D eigenvalue weighted by molar-refractivity contribution is -0.121. The molecule has 0 fully saturated rings. The first kappa shape index (κ1) is 27.9. The molecule has 1 aliphatic rings. The van der Waals surface area contributed by atoms with E-state index in [4.69, 9.17) is 0 Å². The van der Waals surface area contributed by atoms with Crippen LogP contribution in [0.2, 0.25) is 0 Å². The molecule has 0 radical (unpaired) electrons. The lowest BCUT2D eigenvalue weighted by atomic mass is 10.0. The molecule has 1 unspecified atom stereocenters. The van der Waals surface area contributed by atoms with E-state index in [1.54, 1.807) is 11.9 Å². The zero-order chi connectivity index (χ0) is 24.4. The van der Waals surface area contributed by atoms with Crippen molar-refractivity contribution >= 4 is 18.5 Å². The van der Waals surface area contributed by atoms with Crippen molar-refractivity contribution in [2.45, 2.75) is 78.2 Å². The van der Waals surface area contributed by atoms with Crippen LogP contribution in [-0.4, -0.2) is 33.0 Å². The van der Waals surface area contributed by atoms with E-state index in [1.165, 1.54) is 12.0 Å². The van der Waals surface area contributed by atoms with Gasteiger partial charge < -0.3 is 9.88 Å². The van der Waals surface area contributed by atoms with Gasteiger partial charge in [0.15, 0.2) is 0 Å². The highest BCUT2D eigenvalue weighted by Crippen LogP contribution is 2.20. The first-order valence-electron chi connectivity index (χ1n) is 12.7. The average molecular weight is 483 g/mol. The number of aryl methyl sites for hydroxylation is 3. The van der Waals surface area contributed by atoms with Gasteiger partial charge in [-0.05, 0) is 62.2 Å². The number of unbranched alkanes of at least 4 members (excludes halogenated alkanes) is 1. The summed E-state index contributed by atoms with van der Waals surface area (Å²) >= 11 is 4.23. The molecule has 0 spiro atoms. The third kappa shape index (κ3) is 11.7. The average Bonchev–Trinajstić information content (AvgIpc) is 3.20. The number of nitrogens with zero attached hydrogens (tertiary/aromatic N) is 3. The highest BCUT2D eigenvalue weighted by molar-refractivity contribution is 7.80. The molecule has 1 aromatic heterocycles. The van der Waals surface area contributed by atoms with Gasteiger partial charge in [0.1, 0.15) is 12.2 Å². The van der Waals surface area contributed by atoms with Crippen molar-refractivity contribution in [2.24, 2.45) is 5.92 Å². The molecule has 0 saturated heterocycles. The Morgan fingerprint density at radius 1 is 1.18 bits per heavy atom. The summed E-state index contributed by atoms with van der Waals surface area (Å²) in [6, 6.07) is 10.4. The predicted molar refractivity (Wildman–Crippen MR) is 145 cm³/mol. The minimum atomic E-state index is 0.150. The number of nitrogens with one attached hydrogen (secondary N) is 1. The van der Waals surface area contributed by atoms with Gasteiger partial charge >= 0.3 is 0 Å². The van der Waals surface area contributed by atoms with Crippen molar-refractivity contribution in [2.75, 3.05) is 12.3 Å². The number of thiol groups is 1. The molecular formula is C28H42N4OS. The Hall–Kier alpha value is -2.34. The number of allylic oxidation sites excluding steroid dienone is 4. The van der Waals surface area contributed by atoms with Crippen LogP contribution >= 0.6 is 12.6 Å². The monoisotopic (exact) mass is 482 g/mol. The fourth-order valence-electron chi connectivity index (χ4n) is 3.93. The molecule has 34 heavy (non-hydrogen) atoms. The zero-order valence-electron chi connectivity index (χ0n) is 21.0. The van der Waals surface area contributed by atoms with Gasteiger partial charge in [0.05, 0.1) is 0 Å². The molecule has 1 amide bonds. The molecule has 0 aliphatic heterocycles. The van der Waals surface area contributed by atoms with Crippen molar-refractivity contribution in [3.05, 3.63) is 71.8 Å². The maximum atomic E-state index is 11.5. The Kier molecular flexibility index (Phi) is 14.1. The summed E-state index contributed by atoms with van der Waals surface area (Å²) < 4.78 is 2.12. The number of hydrogen-bond acceptors (Lipinski definition) is 4. The second-order valence-electron chi connectivity index (χ2n) is 8.91. The number of hydrogen-bond donors (Lipinski definition) is 2. The number of amides is 1. The highest BCUT2D eigenvalue weighted by atomic mass is 32.1. The molecular weight excluding hydrogens is 440 g/mol. The largest absolute Gasteiger partial charge is 0.356 e. The summed E-state index contributed by atoms with van der Waals surface area (Å²) in [5.41, 5.74) is 2.90. The van der Waals surface area contributed by atoms with Gasteiger partial charge in [0.2, 0.25) is 5.91 Å². The molecule has 0 saturated carbocycles. The number of carbonyl (C=O) groups excluding carboxylic acids is 1. The van der Waals surface area contributed by atoms with Crippen LogP contribution in [0, 0.1) is 5.92 Å². The smallest absolute Gasteiger partial charge is 0.219 e. The van der Waals surface area contributed by atoms with Crippen LogP contribution in [0.5, 0.6) is 0 Å². The minimum absolute atomic E-state index is 0.150. The van der Waals surface area contributed by atoms with E-state index >= 15 is 0 Å². The first-order valence-corrected chi connectivity index (χ1v) is 13.4. The Morgan fingerprint density at radius 2 is 2.00 bits per heavy atom. The van der Waals surface area contributed by atoms with Gasteiger partial charge in [0, 0.05) is 25.9 Å². The van der Waals surface area contributed by atoms with Crippen LogP contribution in [0.3, 0.4) is 0 Å². The molecule has 0 bridgehead atoms. The van der Waals surface area contributed by atoms with E-state index in [-0.39, 0.29) is 5.91 Å². The normalized spacial score (nSPS) is 15.1. The lowest BCUT2D eigenvalue weighted by Crippen LogP contribution is -2.23. The SMILES string of the molecule is CC1C=CCC=C(CCS)C1.CCCNC(=O)CCCCc1nncn1CCc1ccccc1. The molecule has 1 heterocycles. The standard InChI is InChI=1S/C18H26N4O.C10H16S/c1-2-13-19-18(23)11-7-6-10-17-21-20-15-22(17)14-12-16-8-4-3-5-9-16;1-9-4-2-3-5-10(8-9)6-7-11/h3-5,8-9,15H,2,6-7,10-14H2,1H3,(H,19,23);2,4-5,9,11H,3,6-8H2,1H3. The minimum Gasteiger partial charge on any atom is -0.356 e. The van der Waals surface area contributed by atoms with Crippen molar-refractivity contribution in [3.63, 3.8) is 0 Å². The summed E-state index contributed by atoms with van der Waals surface area (Å²) in [6.45, 7) is 5.99. The van der Waals surface area contributed by atoms with Gasteiger partial charge in [-0.25, -0.2) is 0 Å². The Bertz CT molecular complexity index is 876. The van der Waals surface area contributed by atoms with E-state index in [2.05, 4.69) is 89.1 Å². The maximum absolute atomic E-state index is 11.5. The van der Waals surface area contributed by atoms with Crippen LogP contribution in [0.15, 0.2) is 60.5 Å². The zero-order valence-corrected chi connectivity index (χ0v) is 21.9. The molecule has 1 aromatic carbocycles. The second kappa shape index (κ2) is 17.1. The lowest BCUT2D eigenvalue weighted by Gasteiger charge is -2.07. The van der Waals surface area contributed by atoms with Crippen LogP contribution in [-0.2, 0) is 24.2 Å². The second-order valence-corrected chi connectivity index (χ2v) is 9.36. The molecule has 186 valence electrons. The van der Waals surface area contributed by atoms with Crippen molar-refractivity contribution in [1.82, 2.24) is 20.1 Å². The van der Waals surface area contributed by atoms with Crippen LogP contribution in [0.4, 0.5) is 0 Å². The Labute approximate surface area is 211 Å². The third-order valence-corrected chi connectivity index (χ3v) is 6.05. The quantitative estimate of drug-likeness (QED) is 0.222. The highest BCUT2D eigenvalue weighted by Gasteiger charge is 2.06. The molecule has 2 aromatic rings. The van der Waals surface area contributed by atoms with Gasteiger partial charge in [0.25, 0.3) is 0 Å². The summed E-state index contributed by atoms with van der Waals surface area (Å²) in [4.78, 5) is 11.5. The molecule has 1 N–H and O–H groups in total. The number of benzene rings is 1. The van der Waals surface area contributed by atoms with Crippen LogP contribution < -0.4 is 5.32 Å². The summed E-state index contributed by atoms with van der Waals surface area (Å²) in [5.74, 6) is 2.87. The number of carbonyl (C=O) groups is 1. The van der Waals surface area contributed by atoms with E-state index in [9.17, 15) is 4.79 Å². The van der Waals surface area contributed by atoms with Crippen molar-refractivity contribution in [1.29, 1.82) is 0 Å². The maximum Gasteiger partial charge on any atom is 0.219 e. The van der Waals surface area contributed by atoms with Crippen molar-refractivity contribution in [3.8, 4) is 0 Å². The molecule has 6 heteroatoms. The van der Waals surface area contributed by atoms with E-state index in [1.807, 2.05) is 6.07 Å². The summed E-state index contributed by atoms with van der Waals surface area (Å²) in [6.07, 6.45) is 17.5. The van der Waals surface area contributed by atoms with E-state index < -0.39 is 0 Å². The van der Waals surface area contributed by atoms with Gasteiger partial charge in [-0.1, -0.05) is 68.0 Å². The fraction of sp³-hybridized carbons (Fsp3) is 0.536.